The summed E-state index contributed by atoms with van der Waals surface area (Å²) >= 11 is 1.63. The molecule has 6 nitrogen and oxygen atoms in total. The molecule has 0 saturated carbocycles. The predicted molar refractivity (Wildman–Crippen MR) is 115 cm³/mol. The second kappa shape index (κ2) is 9.13. The minimum atomic E-state index is -0.0835. The lowest BCUT2D eigenvalue weighted by Crippen LogP contribution is -2.29. The fraction of sp³-hybridized carbons (Fsp3) is 0.364. The number of carbonyl (C=O) groups is 1. The van der Waals surface area contributed by atoms with E-state index in [0.717, 1.165) is 20.8 Å². The summed E-state index contributed by atoms with van der Waals surface area (Å²) in [5.41, 5.74) is 1.92. The largest absolute Gasteiger partial charge is 0.493 e. The van der Waals surface area contributed by atoms with E-state index in [1.807, 2.05) is 44.3 Å². The Morgan fingerprint density at radius 3 is 2.34 bits per heavy atom. The van der Waals surface area contributed by atoms with Crippen LogP contribution in [0, 0.1) is 0 Å². The van der Waals surface area contributed by atoms with Crippen LogP contribution in [0.4, 0.5) is 0 Å². The van der Waals surface area contributed by atoms with E-state index in [0.29, 0.717) is 30.1 Å². The number of hydrogen-bond donors (Lipinski definition) is 0. The van der Waals surface area contributed by atoms with Crippen LogP contribution in [0.3, 0.4) is 0 Å². The summed E-state index contributed by atoms with van der Waals surface area (Å²) in [6.45, 7) is 2.01. The first kappa shape index (κ1) is 20.9. The summed E-state index contributed by atoms with van der Waals surface area (Å²) in [6, 6.07) is 11.7. The summed E-state index contributed by atoms with van der Waals surface area (Å²) in [6.07, 6.45) is 0.955. The van der Waals surface area contributed by atoms with Crippen molar-refractivity contribution < 1.29 is 19.0 Å². The van der Waals surface area contributed by atoms with Crippen LogP contribution in [-0.4, -0.2) is 44.2 Å². The molecule has 0 N–H and O–H groups in total. The number of aryl methyl sites for hydroxylation is 1. The van der Waals surface area contributed by atoms with Gasteiger partial charge in [0.1, 0.15) is 5.01 Å². The molecule has 3 aromatic rings. The standard InChI is InChI=1S/C22H26N2O4S/c1-14(22-23-16-8-6-7-9-19(16)29-22)24(2)20(25)11-10-15-12-17(26-3)21(28-5)18(13-15)27-4/h6-9,12-14H,10-11H2,1-5H3/t14-/m1/s1. The van der Waals surface area contributed by atoms with Gasteiger partial charge in [-0.1, -0.05) is 12.1 Å². The molecule has 2 aromatic carbocycles. The lowest BCUT2D eigenvalue weighted by molar-refractivity contribution is -0.131. The van der Waals surface area contributed by atoms with Crippen molar-refractivity contribution in [2.75, 3.05) is 28.4 Å². The number of rotatable bonds is 8. The first-order valence-corrected chi connectivity index (χ1v) is 10.2. The van der Waals surface area contributed by atoms with Crippen LogP contribution >= 0.6 is 11.3 Å². The Morgan fingerprint density at radius 2 is 1.76 bits per heavy atom. The van der Waals surface area contributed by atoms with Crippen LogP contribution in [0.25, 0.3) is 10.2 Å². The van der Waals surface area contributed by atoms with E-state index >= 15 is 0 Å². The van der Waals surface area contributed by atoms with Gasteiger partial charge in [-0.2, -0.15) is 0 Å². The van der Waals surface area contributed by atoms with Gasteiger partial charge in [0, 0.05) is 13.5 Å². The molecule has 0 unspecified atom stereocenters. The minimum absolute atomic E-state index is 0.0607. The van der Waals surface area contributed by atoms with Crippen LogP contribution in [0.2, 0.25) is 0 Å². The highest BCUT2D eigenvalue weighted by atomic mass is 32.1. The second-order valence-corrected chi connectivity index (χ2v) is 7.80. The van der Waals surface area contributed by atoms with Gasteiger partial charge in [-0.3, -0.25) is 4.79 Å². The van der Waals surface area contributed by atoms with Gasteiger partial charge in [0.2, 0.25) is 11.7 Å². The second-order valence-electron chi connectivity index (χ2n) is 6.73. The van der Waals surface area contributed by atoms with Gasteiger partial charge in [-0.15, -0.1) is 11.3 Å². The highest BCUT2D eigenvalue weighted by Crippen LogP contribution is 2.38. The summed E-state index contributed by atoms with van der Waals surface area (Å²) in [5, 5.41) is 0.940. The highest BCUT2D eigenvalue weighted by molar-refractivity contribution is 7.18. The summed E-state index contributed by atoms with van der Waals surface area (Å²) in [5.74, 6) is 1.79. The number of ether oxygens (including phenoxy) is 3. The topological polar surface area (TPSA) is 60.9 Å². The maximum Gasteiger partial charge on any atom is 0.223 e. The molecular weight excluding hydrogens is 388 g/mol. The van der Waals surface area contributed by atoms with Crippen molar-refractivity contribution in [2.45, 2.75) is 25.8 Å². The van der Waals surface area contributed by atoms with Crippen molar-refractivity contribution in [1.82, 2.24) is 9.88 Å². The molecule has 1 heterocycles. The van der Waals surface area contributed by atoms with Crippen molar-refractivity contribution in [3.05, 3.63) is 47.0 Å². The highest BCUT2D eigenvalue weighted by Gasteiger charge is 2.21. The molecule has 0 fully saturated rings. The molecule has 29 heavy (non-hydrogen) atoms. The number of methoxy groups -OCH3 is 3. The normalized spacial score (nSPS) is 11.9. The Kier molecular flexibility index (Phi) is 6.59. The number of nitrogens with zero attached hydrogens (tertiary/aromatic N) is 2. The molecule has 0 spiro atoms. The van der Waals surface area contributed by atoms with E-state index in [-0.39, 0.29) is 11.9 Å². The number of aromatic nitrogens is 1. The van der Waals surface area contributed by atoms with Crippen LogP contribution < -0.4 is 14.2 Å². The van der Waals surface area contributed by atoms with Crippen molar-refractivity contribution in [1.29, 1.82) is 0 Å². The molecule has 1 atom stereocenters. The SMILES string of the molecule is COc1cc(CCC(=O)N(C)[C@H](C)c2nc3ccccc3s2)cc(OC)c1OC. The van der Waals surface area contributed by atoms with Crippen LogP contribution in [-0.2, 0) is 11.2 Å². The molecule has 0 bridgehead atoms. The van der Waals surface area contributed by atoms with Gasteiger partial charge in [0.05, 0.1) is 37.6 Å². The third-order valence-corrected chi connectivity index (χ3v) is 6.20. The lowest BCUT2D eigenvalue weighted by Gasteiger charge is -2.23. The number of thiazole rings is 1. The number of para-hydroxylation sites is 1. The quantitative estimate of drug-likeness (QED) is 0.544. The van der Waals surface area contributed by atoms with E-state index in [1.54, 1.807) is 37.6 Å². The maximum atomic E-state index is 12.8. The predicted octanol–water partition coefficient (Wildman–Crippen LogP) is 4.47. The number of carbonyl (C=O) groups excluding carboxylic acids is 1. The van der Waals surface area contributed by atoms with Gasteiger partial charge in [-0.25, -0.2) is 4.98 Å². The number of fused-ring (bicyclic) bond motifs is 1. The lowest BCUT2D eigenvalue weighted by atomic mass is 10.1. The third-order valence-electron chi connectivity index (χ3n) is 4.99. The van der Waals surface area contributed by atoms with Gasteiger partial charge in [0.15, 0.2) is 11.5 Å². The molecule has 1 amide bonds. The first-order valence-electron chi connectivity index (χ1n) is 9.38. The molecule has 154 valence electrons. The average molecular weight is 415 g/mol. The van der Waals surface area contributed by atoms with Crippen molar-refractivity contribution >= 4 is 27.5 Å². The van der Waals surface area contributed by atoms with Gasteiger partial charge >= 0.3 is 0 Å². The Balaban J connectivity index is 1.69. The zero-order valence-corrected chi connectivity index (χ0v) is 18.2. The number of amides is 1. The maximum absolute atomic E-state index is 12.8. The Hall–Kier alpha value is -2.80. The van der Waals surface area contributed by atoms with Crippen LogP contribution in [0.1, 0.15) is 30.0 Å². The van der Waals surface area contributed by atoms with E-state index in [4.69, 9.17) is 14.2 Å². The van der Waals surface area contributed by atoms with E-state index < -0.39 is 0 Å². The monoisotopic (exact) mass is 414 g/mol. The molecule has 0 aliphatic heterocycles. The zero-order chi connectivity index (χ0) is 21.0. The molecule has 0 aliphatic carbocycles. The number of benzene rings is 2. The summed E-state index contributed by atoms with van der Waals surface area (Å²) in [7, 11) is 6.57. The smallest absolute Gasteiger partial charge is 0.223 e. The number of hydrogen-bond acceptors (Lipinski definition) is 6. The fourth-order valence-electron chi connectivity index (χ4n) is 3.16. The first-order chi connectivity index (χ1) is 14.0. The third kappa shape index (κ3) is 4.45. The average Bonchev–Trinajstić information content (AvgIpc) is 3.19. The molecule has 1 aromatic heterocycles. The van der Waals surface area contributed by atoms with Gasteiger partial charge < -0.3 is 19.1 Å². The van der Waals surface area contributed by atoms with Gasteiger partial charge in [-0.05, 0) is 43.2 Å². The van der Waals surface area contributed by atoms with Crippen molar-refractivity contribution in [3.8, 4) is 17.2 Å². The molecular formula is C22H26N2O4S. The molecule has 0 aliphatic rings. The fourth-order valence-corrected chi connectivity index (χ4v) is 4.22. The molecule has 0 radical (unpaired) electrons. The van der Waals surface area contributed by atoms with Gasteiger partial charge in [0.25, 0.3) is 0 Å². The van der Waals surface area contributed by atoms with E-state index in [2.05, 4.69) is 11.1 Å². The summed E-state index contributed by atoms with van der Waals surface area (Å²) in [4.78, 5) is 19.2. The molecule has 3 rings (SSSR count). The van der Waals surface area contributed by atoms with Crippen LogP contribution in [0.15, 0.2) is 36.4 Å². The molecule has 7 heteroatoms. The van der Waals surface area contributed by atoms with E-state index in [9.17, 15) is 4.79 Å². The van der Waals surface area contributed by atoms with E-state index in [1.165, 1.54) is 0 Å². The Morgan fingerprint density at radius 1 is 1.10 bits per heavy atom. The summed E-state index contributed by atoms with van der Waals surface area (Å²) < 4.78 is 17.3. The van der Waals surface area contributed by atoms with Crippen LogP contribution in [0.5, 0.6) is 17.2 Å². The minimum Gasteiger partial charge on any atom is -0.493 e. The van der Waals surface area contributed by atoms with Crippen molar-refractivity contribution in [2.24, 2.45) is 0 Å². The Labute approximate surface area is 175 Å². The van der Waals surface area contributed by atoms with Crippen molar-refractivity contribution in [3.63, 3.8) is 0 Å². The molecule has 0 saturated heterocycles. The Bertz CT molecular complexity index is 943. The zero-order valence-electron chi connectivity index (χ0n) is 17.4.